The van der Waals surface area contributed by atoms with Crippen molar-refractivity contribution in [1.82, 2.24) is 10.2 Å². The normalized spacial score (nSPS) is 29.5. The van der Waals surface area contributed by atoms with Gasteiger partial charge in [-0.2, -0.15) is 0 Å². The molecule has 0 radical (unpaired) electrons. The van der Waals surface area contributed by atoms with Crippen LogP contribution in [-0.2, 0) is 16.0 Å². The van der Waals surface area contributed by atoms with Crippen molar-refractivity contribution in [2.75, 3.05) is 20.3 Å². The summed E-state index contributed by atoms with van der Waals surface area (Å²) in [6.45, 7) is 2.98. The van der Waals surface area contributed by atoms with Gasteiger partial charge in [-0.25, -0.2) is 0 Å². The van der Waals surface area contributed by atoms with E-state index in [1.165, 1.54) is 0 Å². The van der Waals surface area contributed by atoms with E-state index in [4.69, 9.17) is 9.47 Å². The Bertz CT molecular complexity index is 750. The van der Waals surface area contributed by atoms with Crippen molar-refractivity contribution in [3.8, 4) is 5.75 Å². The standard InChI is InChI=1S/C21H28N2O4/c1-14(24)22-17-7-8-21(26-2)9-10-23(19(21)13-17)20(25)16-5-6-18-15(12-16)4-3-11-27-18/h5-6,12,17,19H,3-4,7-11,13H2,1-2H3,(H,22,24)/t17-,19+,21-/m1/s1. The predicted octanol–water partition coefficient (Wildman–Crippen LogP) is 2.30. The highest BCUT2D eigenvalue weighted by Crippen LogP contribution is 2.43. The Morgan fingerprint density at radius 2 is 2.19 bits per heavy atom. The third-order valence-electron chi connectivity index (χ3n) is 6.41. The largest absolute Gasteiger partial charge is 0.493 e. The topological polar surface area (TPSA) is 67.9 Å². The molecule has 0 unspecified atom stereocenters. The van der Waals surface area contributed by atoms with Crippen LogP contribution >= 0.6 is 0 Å². The Morgan fingerprint density at radius 1 is 1.33 bits per heavy atom. The first-order valence-corrected chi connectivity index (χ1v) is 9.91. The Hall–Kier alpha value is -2.08. The molecule has 146 valence electrons. The second-order valence-corrected chi connectivity index (χ2v) is 7.98. The van der Waals surface area contributed by atoms with Gasteiger partial charge in [-0.05, 0) is 62.3 Å². The Morgan fingerprint density at radius 3 is 2.96 bits per heavy atom. The van der Waals surface area contributed by atoms with E-state index in [1.807, 2.05) is 23.1 Å². The quantitative estimate of drug-likeness (QED) is 0.884. The molecular weight excluding hydrogens is 344 g/mol. The van der Waals surface area contributed by atoms with Crippen LogP contribution in [0.4, 0.5) is 0 Å². The molecule has 27 heavy (non-hydrogen) atoms. The fraction of sp³-hybridized carbons (Fsp3) is 0.619. The number of likely N-dealkylation sites (tertiary alicyclic amines) is 1. The van der Waals surface area contributed by atoms with Crippen molar-refractivity contribution in [3.05, 3.63) is 29.3 Å². The zero-order chi connectivity index (χ0) is 19.0. The molecule has 2 amide bonds. The van der Waals surface area contributed by atoms with E-state index >= 15 is 0 Å². The lowest BCUT2D eigenvalue weighted by Gasteiger charge is -2.43. The van der Waals surface area contributed by atoms with Gasteiger partial charge in [0.1, 0.15) is 5.75 Å². The molecule has 1 saturated heterocycles. The van der Waals surface area contributed by atoms with Gasteiger partial charge in [-0.15, -0.1) is 0 Å². The van der Waals surface area contributed by atoms with Crippen LogP contribution in [-0.4, -0.2) is 54.7 Å². The summed E-state index contributed by atoms with van der Waals surface area (Å²) < 4.78 is 11.6. The summed E-state index contributed by atoms with van der Waals surface area (Å²) in [4.78, 5) is 26.8. The number of ether oxygens (including phenoxy) is 2. The molecule has 2 heterocycles. The van der Waals surface area contributed by atoms with Crippen molar-refractivity contribution in [3.63, 3.8) is 0 Å². The fourth-order valence-electron chi connectivity index (χ4n) is 5.02. The van der Waals surface area contributed by atoms with Gasteiger partial charge in [0.15, 0.2) is 0 Å². The summed E-state index contributed by atoms with van der Waals surface area (Å²) in [5.74, 6) is 0.931. The van der Waals surface area contributed by atoms with E-state index in [1.54, 1.807) is 14.0 Å². The number of fused-ring (bicyclic) bond motifs is 2. The minimum absolute atomic E-state index is 0.00659. The number of benzene rings is 1. The molecule has 2 fully saturated rings. The highest BCUT2D eigenvalue weighted by molar-refractivity contribution is 5.95. The maximum Gasteiger partial charge on any atom is 0.254 e. The average Bonchev–Trinajstić information content (AvgIpc) is 3.06. The second kappa shape index (κ2) is 7.15. The van der Waals surface area contributed by atoms with Gasteiger partial charge < -0.3 is 19.7 Å². The van der Waals surface area contributed by atoms with Gasteiger partial charge in [0.05, 0.1) is 18.2 Å². The molecule has 1 aromatic rings. The fourth-order valence-corrected chi connectivity index (χ4v) is 5.02. The minimum Gasteiger partial charge on any atom is -0.493 e. The van der Waals surface area contributed by atoms with Gasteiger partial charge in [0, 0.05) is 32.2 Å². The summed E-state index contributed by atoms with van der Waals surface area (Å²) in [6, 6.07) is 5.86. The summed E-state index contributed by atoms with van der Waals surface area (Å²) >= 11 is 0. The van der Waals surface area contributed by atoms with Crippen molar-refractivity contribution >= 4 is 11.8 Å². The summed E-state index contributed by atoms with van der Waals surface area (Å²) in [5, 5.41) is 3.03. The van der Waals surface area contributed by atoms with Crippen molar-refractivity contribution in [2.24, 2.45) is 0 Å². The minimum atomic E-state index is -0.290. The third-order valence-corrected chi connectivity index (χ3v) is 6.41. The van der Waals surface area contributed by atoms with Crippen molar-refractivity contribution in [1.29, 1.82) is 0 Å². The van der Waals surface area contributed by atoms with Crippen LogP contribution in [0.3, 0.4) is 0 Å². The molecule has 4 rings (SSSR count). The van der Waals surface area contributed by atoms with Crippen LogP contribution < -0.4 is 10.1 Å². The number of aryl methyl sites for hydroxylation is 1. The summed E-state index contributed by atoms with van der Waals surface area (Å²) in [7, 11) is 1.75. The maximum absolute atomic E-state index is 13.3. The SMILES string of the molecule is CO[C@@]12CC[C@@H](NC(C)=O)C[C@@H]1N(C(=O)c1ccc3c(c1)CCCO3)CC2. The molecule has 0 spiro atoms. The first-order chi connectivity index (χ1) is 13.0. The molecule has 3 aliphatic rings. The van der Waals surface area contributed by atoms with E-state index in [9.17, 15) is 9.59 Å². The van der Waals surface area contributed by atoms with Crippen molar-refractivity contribution < 1.29 is 19.1 Å². The van der Waals surface area contributed by atoms with Crippen LogP contribution in [0.2, 0.25) is 0 Å². The summed E-state index contributed by atoms with van der Waals surface area (Å²) in [6.07, 6.45) is 5.28. The lowest BCUT2D eigenvalue weighted by molar-refractivity contribution is -0.121. The monoisotopic (exact) mass is 372 g/mol. The van der Waals surface area contributed by atoms with Crippen molar-refractivity contribution in [2.45, 2.75) is 63.1 Å². The Labute approximate surface area is 160 Å². The van der Waals surface area contributed by atoms with Crippen LogP contribution in [0, 0.1) is 0 Å². The molecule has 2 aliphatic heterocycles. The van der Waals surface area contributed by atoms with Crippen LogP contribution in [0.5, 0.6) is 5.75 Å². The first-order valence-electron chi connectivity index (χ1n) is 9.91. The second-order valence-electron chi connectivity index (χ2n) is 7.98. The number of rotatable bonds is 3. The van der Waals surface area contributed by atoms with Gasteiger partial charge in [0.25, 0.3) is 5.91 Å². The third kappa shape index (κ3) is 3.31. The number of hydrogen-bond acceptors (Lipinski definition) is 4. The molecule has 1 aliphatic carbocycles. The Kier molecular flexibility index (Phi) is 4.84. The lowest BCUT2D eigenvalue weighted by atomic mass is 9.78. The number of nitrogens with one attached hydrogen (secondary N) is 1. The zero-order valence-corrected chi connectivity index (χ0v) is 16.1. The molecule has 0 bridgehead atoms. The van der Waals surface area contributed by atoms with E-state index in [0.29, 0.717) is 12.1 Å². The molecule has 1 saturated carbocycles. The number of carbonyl (C=O) groups excluding carboxylic acids is 2. The van der Waals surface area contributed by atoms with E-state index in [-0.39, 0.29) is 29.5 Å². The molecular formula is C21H28N2O4. The highest BCUT2D eigenvalue weighted by atomic mass is 16.5. The smallest absolute Gasteiger partial charge is 0.254 e. The van der Waals surface area contributed by atoms with Crippen LogP contribution in [0.15, 0.2) is 18.2 Å². The van der Waals surface area contributed by atoms with E-state index in [2.05, 4.69) is 5.32 Å². The van der Waals surface area contributed by atoms with Crippen LogP contribution in [0.1, 0.15) is 54.9 Å². The zero-order valence-electron chi connectivity index (χ0n) is 16.1. The van der Waals surface area contributed by atoms with Gasteiger partial charge >= 0.3 is 0 Å². The van der Waals surface area contributed by atoms with Gasteiger partial charge in [0.2, 0.25) is 5.91 Å². The Balaban J connectivity index is 1.57. The number of nitrogens with zero attached hydrogens (tertiary/aromatic N) is 1. The highest BCUT2D eigenvalue weighted by Gasteiger charge is 2.52. The number of amides is 2. The van der Waals surface area contributed by atoms with Gasteiger partial charge in [-0.1, -0.05) is 0 Å². The molecule has 1 aromatic carbocycles. The number of carbonyl (C=O) groups is 2. The number of hydrogen-bond donors (Lipinski definition) is 1. The van der Waals surface area contributed by atoms with E-state index in [0.717, 1.165) is 56.4 Å². The van der Waals surface area contributed by atoms with E-state index < -0.39 is 0 Å². The first kappa shape index (κ1) is 18.3. The molecule has 6 heteroatoms. The van der Waals surface area contributed by atoms with Crippen LogP contribution in [0.25, 0.3) is 0 Å². The predicted molar refractivity (Wildman–Crippen MR) is 101 cm³/mol. The molecule has 1 N–H and O–H groups in total. The summed E-state index contributed by atoms with van der Waals surface area (Å²) in [5.41, 5.74) is 1.54. The lowest BCUT2D eigenvalue weighted by Crippen LogP contribution is -2.55. The molecule has 0 aromatic heterocycles. The van der Waals surface area contributed by atoms with Gasteiger partial charge in [-0.3, -0.25) is 9.59 Å². The molecule has 3 atom stereocenters. The average molecular weight is 372 g/mol. The molecule has 6 nitrogen and oxygen atoms in total. The number of methoxy groups -OCH3 is 1. The maximum atomic E-state index is 13.3.